The number of alkyl halides is 3. The van der Waals surface area contributed by atoms with Gasteiger partial charge in [0.05, 0.1) is 33.4 Å². The van der Waals surface area contributed by atoms with Crippen molar-refractivity contribution in [1.82, 2.24) is 5.32 Å². The number of rotatable bonds is 3. The molecule has 2 heterocycles. The summed E-state index contributed by atoms with van der Waals surface area (Å²) in [6.07, 6.45) is -5.09. The minimum Gasteiger partial charge on any atom is -0.366 e. The lowest BCUT2D eigenvalue weighted by Crippen LogP contribution is -2.21. The number of fused-ring (bicyclic) bond motifs is 3. The van der Waals surface area contributed by atoms with Crippen molar-refractivity contribution in [2.45, 2.75) is 23.5 Å². The zero-order valence-corrected chi connectivity index (χ0v) is 19.9. The van der Waals surface area contributed by atoms with Crippen LogP contribution in [0.5, 0.6) is 0 Å². The van der Waals surface area contributed by atoms with Gasteiger partial charge >= 0.3 is 6.18 Å². The highest BCUT2D eigenvalue weighted by Crippen LogP contribution is 2.47. The summed E-state index contributed by atoms with van der Waals surface area (Å²) in [6.45, 7) is 0. The fraction of sp³-hybridized carbons (Fsp3) is 0.167. The second-order valence-corrected chi connectivity index (χ2v) is 11.1. The molecular weight excluding hydrogens is 543 g/mol. The van der Waals surface area contributed by atoms with Gasteiger partial charge in [-0.25, -0.2) is 17.2 Å². The Bertz CT molecular complexity index is 1650. The molecule has 0 aliphatic carbocycles. The van der Waals surface area contributed by atoms with Crippen LogP contribution in [0.3, 0.4) is 0 Å². The summed E-state index contributed by atoms with van der Waals surface area (Å²) < 4.78 is 95.1. The Morgan fingerprint density at radius 1 is 1.08 bits per heavy atom. The number of nitrogens with one attached hydrogen (secondary N) is 1. The Balaban J connectivity index is 1.92. The predicted octanol–water partition coefficient (Wildman–Crippen LogP) is 4.57. The van der Waals surface area contributed by atoms with Crippen LogP contribution in [0.15, 0.2) is 41.3 Å². The predicted molar refractivity (Wildman–Crippen MR) is 122 cm³/mol. The van der Waals surface area contributed by atoms with E-state index in [1.807, 2.05) is 0 Å². The molecule has 0 radical (unpaired) electrons. The highest BCUT2D eigenvalue weighted by Gasteiger charge is 2.42. The topological polar surface area (TPSA) is 106 Å². The van der Waals surface area contributed by atoms with Crippen molar-refractivity contribution in [2.75, 3.05) is 5.75 Å². The van der Waals surface area contributed by atoms with Crippen molar-refractivity contribution in [3.8, 4) is 11.1 Å². The van der Waals surface area contributed by atoms with Gasteiger partial charge in [-0.05, 0) is 53.9 Å². The Morgan fingerprint density at radius 2 is 1.78 bits per heavy atom. The van der Waals surface area contributed by atoms with E-state index in [0.717, 1.165) is 18.2 Å². The maximum absolute atomic E-state index is 15.4. The van der Waals surface area contributed by atoms with Gasteiger partial charge in [0.15, 0.2) is 9.84 Å². The van der Waals surface area contributed by atoms with Crippen LogP contribution in [0.25, 0.3) is 11.1 Å². The molecule has 0 fully saturated rings. The molecule has 2 amide bonds. The third kappa shape index (κ3) is 3.95. The number of benzene rings is 3. The minimum atomic E-state index is -5.03. The maximum Gasteiger partial charge on any atom is 0.416 e. The molecule has 0 bridgehead atoms. The number of halogens is 6. The Hall–Kier alpha value is -3.51. The van der Waals surface area contributed by atoms with Gasteiger partial charge in [0, 0.05) is 21.7 Å². The van der Waals surface area contributed by atoms with E-state index >= 15 is 4.39 Å². The summed E-state index contributed by atoms with van der Waals surface area (Å²) in [5.74, 6) is -4.82. The van der Waals surface area contributed by atoms with E-state index in [1.165, 1.54) is 6.07 Å². The molecule has 5 rings (SSSR count). The maximum atomic E-state index is 15.4. The van der Waals surface area contributed by atoms with Gasteiger partial charge in [0.1, 0.15) is 11.6 Å². The number of primary amides is 1. The Morgan fingerprint density at radius 3 is 2.43 bits per heavy atom. The molecule has 192 valence electrons. The first-order valence-corrected chi connectivity index (χ1v) is 12.6. The van der Waals surface area contributed by atoms with Crippen molar-refractivity contribution in [1.29, 1.82) is 0 Å². The molecule has 3 N–H and O–H groups in total. The van der Waals surface area contributed by atoms with E-state index < -0.39 is 62.2 Å². The highest BCUT2D eigenvalue weighted by molar-refractivity contribution is 7.91. The second kappa shape index (κ2) is 8.25. The number of nitrogens with two attached hydrogens (primary N) is 1. The van der Waals surface area contributed by atoms with Crippen LogP contribution in [-0.4, -0.2) is 26.0 Å². The van der Waals surface area contributed by atoms with Gasteiger partial charge in [0.25, 0.3) is 5.91 Å². The van der Waals surface area contributed by atoms with Crippen LogP contribution in [-0.2, 0) is 22.4 Å². The van der Waals surface area contributed by atoms with Crippen LogP contribution < -0.4 is 11.1 Å². The van der Waals surface area contributed by atoms with E-state index in [-0.39, 0.29) is 56.0 Å². The fourth-order valence-corrected chi connectivity index (χ4v) is 6.63. The van der Waals surface area contributed by atoms with E-state index in [9.17, 15) is 35.6 Å². The zero-order chi connectivity index (χ0) is 27.0. The van der Waals surface area contributed by atoms with E-state index in [1.54, 1.807) is 0 Å². The SMILES string of the molecule is NC(=O)c1cc(C(F)(F)F)cc(F)c1-c1cc2c(c3c1C(c1cc(F)ccc1Cl)NC3=O)CCS2(=O)=O. The number of hydrogen-bond acceptors (Lipinski definition) is 4. The number of carbonyl (C=O) groups is 2. The molecule has 0 saturated carbocycles. The minimum absolute atomic E-state index is 0.00151. The lowest BCUT2D eigenvalue weighted by Gasteiger charge is -2.21. The molecule has 2 aliphatic rings. The molecule has 3 aromatic rings. The summed E-state index contributed by atoms with van der Waals surface area (Å²) in [7, 11) is -3.94. The molecular formula is C24H14ClF5N2O4S. The van der Waals surface area contributed by atoms with Gasteiger partial charge in [-0.1, -0.05) is 11.6 Å². The standard InChI is InChI=1S/C24H14ClF5N2O4S/c25-15-2-1-10(26)7-12(15)21-19-13(8-17-11(3-4-37(17,35)36)20(19)23(34)32-21)18-14(22(31)33)5-9(6-16(18)27)24(28,29)30/h1-2,5-8,21H,3-4H2,(H2,31,33)(H,32,34). The lowest BCUT2D eigenvalue weighted by molar-refractivity contribution is -0.137. The number of carbonyl (C=O) groups excluding carboxylic acids is 2. The first-order valence-electron chi connectivity index (χ1n) is 10.6. The van der Waals surface area contributed by atoms with Gasteiger partial charge in [-0.3, -0.25) is 9.59 Å². The van der Waals surface area contributed by atoms with Crippen molar-refractivity contribution in [2.24, 2.45) is 5.73 Å². The van der Waals surface area contributed by atoms with Crippen molar-refractivity contribution in [3.63, 3.8) is 0 Å². The van der Waals surface area contributed by atoms with Crippen molar-refractivity contribution in [3.05, 3.63) is 86.4 Å². The molecule has 3 aromatic carbocycles. The average molecular weight is 557 g/mol. The number of sulfone groups is 1. The third-order valence-electron chi connectivity index (χ3n) is 6.40. The number of hydrogen-bond donors (Lipinski definition) is 2. The van der Waals surface area contributed by atoms with Gasteiger partial charge in [-0.2, -0.15) is 13.2 Å². The largest absolute Gasteiger partial charge is 0.416 e. The molecule has 0 spiro atoms. The van der Waals surface area contributed by atoms with Crippen LogP contribution in [0, 0.1) is 11.6 Å². The molecule has 1 unspecified atom stereocenters. The lowest BCUT2D eigenvalue weighted by atomic mass is 9.85. The molecule has 0 aromatic heterocycles. The quantitative estimate of drug-likeness (QED) is 0.461. The van der Waals surface area contributed by atoms with Crippen LogP contribution in [0.1, 0.15) is 49.0 Å². The summed E-state index contributed by atoms with van der Waals surface area (Å²) in [5.41, 5.74) is 1.79. The fourth-order valence-electron chi connectivity index (χ4n) is 4.84. The molecule has 13 heteroatoms. The van der Waals surface area contributed by atoms with Crippen molar-refractivity contribution < 1.29 is 40.0 Å². The van der Waals surface area contributed by atoms with Gasteiger partial charge < -0.3 is 11.1 Å². The first kappa shape index (κ1) is 25.2. The van der Waals surface area contributed by atoms with Crippen LogP contribution in [0.2, 0.25) is 5.02 Å². The summed E-state index contributed by atoms with van der Waals surface area (Å²) >= 11 is 6.25. The molecule has 2 aliphatic heterocycles. The summed E-state index contributed by atoms with van der Waals surface area (Å²) in [4.78, 5) is 25.0. The summed E-state index contributed by atoms with van der Waals surface area (Å²) in [5, 5.41) is 2.57. The normalized spacial score (nSPS) is 17.9. The van der Waals surface area contributed by atoms with Crippen LogP contribution in [0.4, 0.5) is 22.0 Å². The molecule has 37 heavy (non-hydrogen) atoms. The van der Waals surface area contributed by atoms with E-state index in [2.05, 4.69) is 5.32 Å². The zero-order valence-electron chi connectivity index (χ0n) is 18.3. The third-order valence-corrected chi connectivity index (χ3v) is 8.52. The second-order valence-electron chi connectivity index (χ2n) is 8.57. The molecule has 1 atom stereocenters. The average Bonchev–Trinajstić information content (AvgIpc) is 3.30. The van der Waals surface area contributed by atoms with E-state index in [4.69, 9.17) is 17.3 Å². The molecule has 6 nitrogen and oxygen atoms in total. The Kier molecular flexibility index (Phi) is 5.61. The molecule has 0 saturated heterocycles. The highest BCUT2D eigenvalue weighted by atomic mass is 35.5. The van der Waals surface area contributed by atoms with Crippen molar-refractivity contribution >= 4 is 33.3 Å². The van der Waals surface area contributed by atoms with Crippen LogP contribution >= 0.6 is 11.6 Å². The summed E-state index contributed by atoms with van der Waals surface area (Å²) in [6, 6.07) is 3.54. The number of amides is 2. The smallest absolute Gasteiger partial charge is 0.366 e. The van der Waals surface area contributed by atoms with Gasteiger partial charge in [-0.15, -0.1) is 0 Å². The van der Waals surface area contributed by atoms with Gasteiger partial charge in [0.2, 0.25) is 5.91 Å². The first-order chi connectivity index (χ1) is 17.2. The van der Waals surface area contributed by atoms with E-state index in [0.29, 0.717) is 6.07 Å². The monoisotopic (exact) mass is 556 g/mol. The Labute approximate surface area is 211 Å².